The Kier molecular flexibility index (Phi) is 4.94. The van der Waals surface area contributed by atoms with Crippen LogP contribution in [0.5, 0.6) is 0 Å². The second-order valence-electron chi connectivity index (χ2n) is 2.83. The van der Waals surface area contributed by atoms with Crippen molar-refractivity contribution in [2.45, 2.75) is 6.92 Å². The third-order valence-electron chi connectivity index (χ3n) is 1.64. The molecule has 1 amide bonds. The Morgan fingerprint density at radius 3 is 2.88 bits per heavy atom. The standard InChI is InChI=1S/C10H13N3O3/c1-2-16-9(14)7-12-13-10(15)8-5-3-4-6-11-8/h3-6,12H,2,7H2,1H3,(H,13,15). The number of pyridine rings is 1. The third-order valence-corrected chi connectivity index (χ3v) is 1.64. The molecule has 1 rings (SSSR count). The van der Waals surface area contributed by atoms with Crippen LogP contribution in [0.25, 0.3) is 0 Å². The number of amides is 1. The van der Waals surface area contributed by atoms with Gasteiger partial charge in [-0.05, 0) is 19.1 Å². The number of hydrogen-bond acceptors (Lipinski definition) is 5. The molecule has 16 heavy (non-hydrogen) atoms. The molecule has 1 aromatic heterocycles. The fourth-order valence-corrected chi connectivity index (χ4v) is 0.970. The van der Waals surface area contributed by atoms with Crippen molar-refractivity contribution < 1.29 is 14.3 Å². The zero-order valence-electron chi connectivity index (χ0n) is 8.90. The number of rotatable bonds is 5. The second kappa shape index (κ2) is 6.52. The van der Waals surface area contributed by atoms with Crippen LogP contribution >= 0.6 is 0 Å². The van der Waals surface area contributed by atoms with Gasteiger partial charge < -0.3 is 4.74 Å². The maximum Gasteiger partial charge on any atom is 0.321 e. The molecule has 0 aromatic carbocycles. The predicted octanol–water partition coefficient (Wildman–Crippen LogP) is -0.121. The van der Waals surface area contributed by atoms with E-state index < -0.39 is 11.9 Å². The summed E-state index contributed by atoms with van der Waals surface area (Å²) < 4.78 is 4.66. The molecule has 0 unspecified atom stereocenters. The summed E-state index contributed by atoms with van der Waals surface area (Å²) in [5.41, 5.74) is 5.07. The molecule has 0 aliphatic heterocycles. The van der Waals surface area contributed by atoms with Gasteiger partial charge in [-0.1, -0.05) is 6.07 Å². The van der Waals surface area contributed by atoms with Crippen LogP contribution in [0, 0.1) is 0 Å². The predicted molar refractivity (Wildman–Crippen MR) is 56.3 cm³/mol. The number of hydrazine groups is 1. The molecule has 6 heteroatoms. The molecule has 0 atom stereocenters. The minimum Gasteiger partial charge on any atom is -0.465 e. The summed E-state index contributed by atoms with van der Waals surface area (Å²) in [6.45, 7) is 1.95. The molecule has 86 valence electrons. The minimum absolute atomic E-state index is 0.0770. The Morgan fingerprint density at radius 2 is 2.25 bits per heavy atom. The topological polar surface area (TPSA) is 80.3 Å². The van der Waals surface area contributed by atoms with Crippen LogP contribution in [0.1, 0.15) is 17.4 Å². The molecule has 0 radical (unpaired) electrons. The second-order valence-corrected chi connectivity index (χ2v) is 2.83. The molecule has 0 saturated heterocycles. The van der Waals surface area contributed by atoms with Crippen LogP contribution in [0.15, 0.2) is 24.4 Å². The van der Waals surface area contributed by atoms with Gasteiger partial charge in [-0.25, -0.2) is 5.43 Å². The number of nitrogens with one attached hydrogen (secondary N) is 2. The van der Waals surface area contributed by atoms with Crippen molar-refractivity contribution in [2.24, 2.45) is 0 Å². The van der Waals surface area contributed by atoms with E-state index in [9.17, 15) is 9.59 Å². The van der Waals surface area contributed by atoms with E-state index in [0.29, 0.717) is 6.61 Å². The maximum atomic E-state index is 11.4. The van der Waals surface area contributed by atoms with Crippen LogP contribution < -0.4 is 10.9 Å². The summed E-state index contributed by atoms with van der Waals surface area (Å²) in [6.07, 6.45) is 1.51. The summed E-state index contributed by atoms with van der Waals surface area (Å²) in [4.78, 5) is 26.1. The Labute approximate surface area is 93.0 Å². The molecule has 0 saturated carbocycles. The Morgan fingerprint density at radius 1 is 1.44 bits per heavy atom. The van der Waals surface area contributed by atoms with Crippen molar-refractivity contribution in [3.63, 3.8) is 0 Å². The van der Waals surface area contributed by atoms with Crippen molar-refractivity contribution in [3.8, 4) is 0 Å². The Balaban J connectivity index is 2.29. The highest BCUT2D eigenvalue weighted by molar-refractivity contribution is 5.91. The lowest BCUT2D eigenvalue weighted by atomic mass is 10.3. The van der Waals surface area contributed by atoms with Crippen molar-refractivity contribution >= 4 is 11.9 Å². The average Bonchev–Trinajstić information content (AvgIpc) is 2.30. The number of ether oxygens (including phenoxy) is 1. The molecule has 0 spiro atoms. The van der Waals surface area contributed by atoms with Gasteiger partial charge in [0.25, 0.3) is 5.91 Å². The fraction of sp³-hybridized carbons (Fsp3) is 0.300. The lowest BCUT2D eigenvalue weighted by Crippen LogP contribution is -2.41. The first kappa shape index (κ1) is 12.1. The Bertz CT molecular complexity index is 354. The third kappa shape index (κ3) is 4.05. The van der Waals surface area contributed by atoms with Gasteiger partial charge in [0, 0.05) is 6.20 Å². The molecule has 1 aromatic rings. The molecule has 6 nitrogen and oxygen atoms in total. The maximum absolute atomic E-state index is 11.4. The Hall–Kier alpha value is -1.95. The number of esters is 1. The highest BCUT2D eigenvalue weighted by Gasteiger charge is 2.06. The van der Waals surface area contributed by atoms with Crippen LogP contribution in [0.3, 0.4) is 0 Å². The molecule has 0 aliphatic rings. The van der Waals surface area contributed by atoms with Crippen LogP contribution in [-0.2, 0) is 9.53 Å². The lowest BCUT2D eigenvalue weighted by molar-refractivity contribution is -0.142. The lowest BCUT2D eigenvalue weighted by Gasteiger charge is -2.05. The monoisotopic (exact) mass is 223 g/mol. The number of carbonyl (C=O) groups excluding carboxylic acids is 2. The van der Waals surface area contributed by atoms with Crippen molar-refractivity contribution in [1.29, 1.82) is 0 Å². The van der Waals surface area contributed by atoms with Crippen molar-refractivity contribution in [2.75, 3.05) is 13.2 Å². The van der Waals surface area contributed by atoms with Gasteiger partial charge >= 0.3 is 5.97 Å². The van der Waals surface area contributed by atoms with Crippen molar-refractivity contribution in [1.82, 2.24) is 15.8 Å². The number of hydrogen-bond donors (Lipinski definition) is 2. The first-order chi connectivity index (χ1) is 7.74. The van der Waals surface area contributed by atoms with E-state index >= 15 is 0 Å². The van der Waals surface area contributed by atoms with Crippen LogP contribution in [0.4, 0.5) is 0 Å². The molecular weight excluding hydrogens is 210 g/mol. The van der Waals surface area contributed by atoms with E-state index in [1.165, 1.54) is 6.20 Å². The van der Waals surface area contributed by atoms with Gasteiger partial charge in [-0.3, -0.25) is 20.0 Å². The summed E-state index contributed by atoms with van der Waals surface area (Å²) in [7, 11) is 0. The first-order valence-corrected chi connectivity index (χ1v) is 4.84. The quantitative estimate of drug-likeness (QED) is 0.537. The van der Waals surface area contributed by atoms with E-state index in [4.69, 9.17) is 0 Å². The van der Waals surface area contributed by atoms with E-state index in [-0.39, 0.29) is 12.2 Å². The van der Waals surface area contributed by atoms with Gasteiger partial charge in [0.1, 0.15) is 12.2 Å². The highest BCUT2D eigenvalue weighted by atomic mass is 16.5. The average molecular weight is 223 g/mol. The van der Waals surface area contributed by atoms with Crippen LogP contribution in [0.2, 0.25) is 0 Å². The summed E-state index contributed by atoms with van der Waals surface area (Å²) in [5, 5.41) is 0. The van der Waals surface area contributed by atoms with Gasteiger partial charge in [0.15, 0.2) is 0 Å². The minimum atomic E-state index is -0.427. The number of aromatic nitrogens is 1. The summed E-state index contributed by atoms with van der Waals surface area (Å²) in [6, 6.07) is 4.98. The van der Waals surface area contributed by atoms with Crippen molar-refractivity contribution in [3.05, 3.63) is 30.1 Å². The number of carbonyl (C=O) groups is 2. The first-order valence-electron chi connectivity index (χ1n) is 4.84. The highest BCUT2D eigenvalue weighted by Crippen LogP contribution is 1.91. The van der Waals surface area contributed by atoms with Gasteiger partial charge in [0.05, 0.1) is 6.61 Å². The van der Waals surface area contributed by atoms with E-state index in [0.717, 1.165) is 0 Å². The summed E-state index contributed by atoms with van der Waals surface area (Å²) in [5.74, 6) is -0.825. The van der Waals surface area contributed by atoms with E-state index in [1.807, 2.05) is 0 Å². The van der Waals surface area contributed by atoms with E-state index in [2.05, 4.69) is 20.6 Å². The molecule has 1 heterocycles. The van der Waals surface area contributed by atoms with Gasteiger partial charge in [0.2, 0.25) is 0 Å². The molecule has 0 fully saturated rings. The van der Waals surface area contributed by atoms with Crippen LogP contribution in [-0.4, -0.2) is 30.0 Å². The van der Waals surface area contributed by atoms with Gasteiger partial charge in [-0.2, -0.15) is 0 Å². The smallest absolute Gasteiger partial charge is 0.321 e. The molecule has 2 N–H and O–H groups in total. The largest absolute Gasteiger partial charge is 0.465 e. The normalized spacial score (nSPS) is 9.56. The number of nitrogens with zero attached hydrogens (tertiary/aromatic N) is 1. The fourth-order valence-electron chi connectivity index (χ4n) is 0.970. The van der Waals surface area contributed by atoms with E-state index in [1.54, 1.807) is 25.1 Å². The molecule has 0 aliphatic carbocycles. The van der Waals surface area contributed by atoms with Gasteiger partial charge in [-0.15, -0.1) is 0 Å². The SMILES string of the molecule is CCOC(=O)CNNC(=O)c1ccccn1. The zero-order chi connectivity index (χ0) is 11.8. The molecular formula is C10H13N3O3. The summed E-state index contributed by atoms with van der Waals surface area (Å²) >= 11 is 0. The zero-order valence-corrected chi connectivity index (χ0v) is 8.90. The molecule has 0 bridgehead atoms.